The number of aliphatic hydroxyl groups is 2. The highest BCUT2D eigenvalue weighted by Crippen LogP contribution is 2.19. The fraction of sp³-hybridized carbons (Fsp3) is 0.111. The maximum atomic E-state index is 11.1. The van der Waals surface area contributed by atoms with Crippen LogP contribution in [0.3, 0.4) is 0 Å². The van der Waals surface area contributed by atoms with E-state index in [0.29, 0.717) is 0 Å². The molecule has 15 heavy (non-hydrogen) atoms. The van der Waals surface area contributed by atoms with E-state index in [1.165, 1.54) is 0 Å². The SMILES string of the molecule is O=C(O)c1cc(C(=O)C(O)O)ccc1O. The minimum atomic E-state index is -2.20. The zero-order valence-electron chi connectivity index (χ0n) is 7.41. The standard InChI is InChI=1S/C9H8O6/c10-6-2-1-4(7(11)9(14)15)3-5(6)8(12)13/h1-3,9-10,14-15H,(H,12,13). The molecule has 6 heteroatoms. The first-order chi connectivity index (χ1) is 6.93. The van der Waals surface area contributed by atoms with Crippen molar-refractivity contribution in [2.24, 2.45) is 0 Å². The van der Waals surface area contributed by atoms with Crippen LogP contribution in [-0.4, -0.2) is 38.5 Å². The first-order valence-electron chi connectivity index (χ1n) is 3.90. The molecule has 6 nitrogen and oxygen atoms in total. The Morgan fingerprint density at radius 2 is 1.80 bits per heavy atom. The summed E-state index contributed by atoms with van der Waals surface area (Å²) >= 11 is 0. The number of aliphatic hydroxyl groups excluding tert-OH is 1. The van der Waals surface area contributed by atoms with E-state index in [2.05, 4.69) is 0 Å². The number of carboxylic acids is 1. The monoisotopic (exact) mass is 212 g/mol. The van der Waals surface area contributed by atoms with Crippen LogP contribution in [-0.2, 0) is 0 Å². The summed E-state index contributed by atoms with van der Waals surface area (Å²) < 4.78 is 0. The van der Waals surface area contributed by atoms with Gasteiger partial charge in [0.05, 0.1) is 0 Å². The van der Waals surface area contributed by atoms with Gasteiger partial charge in [0.25, 0.3) is 0 Å². The third kappa shape index (κ3) is 2.30. The second-order valence-corrected chi connectivity index (χ2v) is 2.78. The number of ketones is 1. The number of Topliss-reactive ketones (excluding diaryl/α,β-unsaturated/α-hetero) is 1. The number of carbonyl (C=O) groups excluding carboxylic acids is 1. The molecule has 80 valence electrons. The summed E-state index contributed by atoms with van der Waals surface area (Å²) in [7, 11) is 0. The summed E-state index contributed by atoms with van der Waals surface area (Å²) in [4.78, 5) is 21.6. The van der Waals surface area contributed by atoms with Crippen LogP contribution in [0.15, 0.2) is 18.2 Å². The van der Waals surface area contributed by atoms with E-state index in [-0.39, 0.29) is 5.56 Å². The van der Waals surface area contributed by atoms with Gasteiger partial charge in [0, 0.05) is 5.56 Å². The number of benzene rings is 1. The number of aromatic carboxylic acids is 1. The van der Waals surface area contributed by atoms with Gasteiger partial charge in [0.1, 0.15) is 11.3 Å². The van der Waals surface area contributed by atoms with Gasteiger partial charge < -0.3 is 20.4 Å². The Bertz CT molecular complexity index is 409. The quantitative estimate of drug-likeness (QED) is 0.399. The number of aromatic hydroxyl groups is 1. The van der Waals surface area contributed by atoms with Crippen LogP contribution in [0.1, 0.15) is 20.7 Å². The van der Waals surface area contributed by atoms with Crippen molar-refractivity contribution < 1.29 is 30.0 Å². The van der Waals surface area contributed by atoms with Crippen molar-refractivity contribution in [1.29, 1.82) is 0 Å². The van der Waals surface area contributed by atoms with E-state index in [0.717, 1.165) is 18.2 Å². The topological polar surface area (TPSA) is 115 Å². The van der Waals surface area contributed by atoms with Crippen molar-refractivity contribution in [1.82, 2.24) is 0 Å². The van der Waals surface area contributed by atoms with Gasteiger partial charge in [-0.1, -0.05) is 0 Å². The second kappa shape index (κ2) is 4.07. The number of rotatable bonds is 3. The molecule has 4 N–H and O–H groups in total. The van der Waals surface area contributed by atoms with Gasteiger partial charge in [-0.05, 0) is 18.2 Å². The Morgan fingerprint density at radius 1 is 1.20 bits per heavy atom. The zero-order chi connectivity index (χ0) is 11.6. The third-order valence-corrected chi connectivity index (χ3v) is 1.75. The lowest BCUT2D eigenvalue weighted by atomic mass is 10.1. The summed E-state index contributed by atoms with van der Waals surface area (Å²) in [6.07, 6.45) is -2.20. The highest BCUT2D eigenvalue weighted by atomic mass is 16.5. The first kappa shape index (κ1) is 11.2. The Hall–Kier alpha value is -1.92. The smallest absolute Gasteiger partial charge is 0.339 e. The van der Waals surface area contributed by atoms with Crippen LogP contribution < -0.4 is 0 Å². The molecule has 0 unspecified atom stereocenters. The van der Waals surface area contributed by atoms with Crippen LogP contribution in [0.25, 0.3) is 0 Å². The predicted octanol–water partition coefficient (Wildman–Crippen LogP) is -0.416. The number of hydrogen-bond acceptors (Lipinski definition) is 5. The van der Waals surface area contributed by atoms with E-state index < -0.39 is 29.4 Å². The number of phenols is 1. The largest absolute Gasteiger partial charge is 0.507 e. The van der Waals surface area contributed by atoms with E-state index in [1.54, 1.807) is 0 Å². The van der Waals surface area contributed by atoms with Gasteiger partial charge in [-0.15, -0.1) is 0 Å². The molecule has 0 saturated carbocycles. The van der Waals surface area contributed by atoms with Gasteiger partial charge >= 0.3 is 5.97 Å². The van der Waals surface area contributed by atoms with E-state index in [4.69, 9.17) is 20.4 Å². The lowest BCUT2D eigenvalue weighted by Crippen LogP contribution is -2.19. The molecule has 0 aliphatic heterocycles. The van der Waals surface area contributed by atoms with Crippen molar-refractivity contribution in [2.75, 3.05) is 0 Å². The minimum absolute atomic E-state index is 0.194. The summed E-state index contributed by atoms with van der Waals surface area (Å²) in [5, 5.41) is 34.9. The van der Waals surface area contributed by atoms with Crippen molar-refractivity contribution in [3.63, 3.8) is 0 Å². The molecule has 0 saturated heterocycles. The Balaban J connectivity index is 3.19. The molecule has 0 atom stereocenters. The van der Waals surface area contributed by atoms with Crippen molar-refractivity contribution >= 4 is 11.8 Å². The summed E-state index contributed by atoms with van der Waals surface area (Å²) in [5.74, 6) is -2.93. The van der Waals surface area contributed by atoms with Crippen molar-refractivity contribution in [3.8, 4) is 5.75 Å². The van der Waals surface area contributed by atoms with Crippen LogP contribution in [0.2, 0.25) is 0 Å². The predicted molar refractivity (Wildman–Crippen MR) is 47.6 cm³/mol. The number of carboxylic acid groups (broad SMARTS) is 1. The molecule has 1 aromatic carbocycles. The first-order valence-corrected chi connectivity index (χ1v) is 3.90. The Labute approximate surface area is 84.0 Å². The fourth-order valence-corrected chi connectivity index (χ4v) is 1.01. The van der Waals surface area contributed by atoms with Crippen LogP contribution >= 0.6 is 0 Å². The summed E-state index contributed by atoms with van der Waals surface area (Å²) in [6.45, 7) is 0. The van der Waals surface area contributed by atoms with Gasteiger partial charge in [-0.2, -0.15) is 0 Å². The molecule has 1 rings (SSSR count). The lowest BCUT2D eigenvalue weighted by Gasteiger charge is -2.04. The highest BCUT2D eigenvalue weighted by molar-refractivity contribution is 6.01. The molecule has 0 spiro atoms. The normalized spacial score (nSPS) is 10.3. The molecule has 0 aliphatic carbocycles. The van der Waals surface area contributed by atoms with Crippen molar-refractivity contribution in [2.45, 2.75) is 6.29 Å². The third-order valence-electron chi connectivity index (χ3n) is 1.75. The molecule has 0 amide bonds. The van der Waals surface area contributed by atoms with Crippen LogP contribution in [0, 0.1) is 0 Å². The average molecular weight is 212 g/mol. The minimum Gasteiger partial charge on any atom is -0.507 e. The molecular formula is C9H8O6. The van der Waals surface area contributed by atoms with Gasteiger partial charge in [-0.25, -0.2) is 4.79 Å². The molecule has 0 radical (unpaired) electrons. The average Bonchev–Trinajstić information content (AvgIpc) is 2.16. The number of hydrogen-bond donors (Lipinski definition) is 4. The molecule has 0 aromatic heterocycles. The Kier molecular flexibility index (Phi) is 3.03. The van der Waals surface area contributed by atoms with Crippen LogP contribution in [0.5, 0.6) is 5.75 Å². The molecule has 1 aromatic rings. The van der Waals surface area contributed by atoms with E-state index in [1.807, 2.05) is 0 Å². The van der Waals surface area contributed by atoms with E-state index >= 15 is 0 Å². The highest BCUT2D eigenvalue weighted by Gasteiger charge is 2.17. The molecule has 0 aliphatic rings. The molecular weight excluding hydrogens is 204 g/mol. The number of carbonyl (C=O) groups is 2. The fourth-order valence-electron chi connectivity index (χ4n) is 1.01. The molecule has 0 fully saturated rings. The zero-order valence-corrected chi connectivity index (χ0v) is 7.41. The van der Waals surface area contributed by atoms with Gasteiger partial charge in [-0.3, -0.25) is 4.79 Å². The van der Waals surface area contributed by atoms with E-state index in [9.17, 15) is 9.59 Å². The second-order valence-electron chi connectivity index (χ2n) is 2.78. The summed E-state index contributed by atoms with van der Waals surface area (Å²) in [5.41, 5.74) is -0.665. The Morgan fingerprint density at radius 3 is 2.27 bits per heavy atom. The lowest BCUT2D eigenvalue weighted by molar-refractivity contribution is -0.0195. The maximum absolute atomic E-state index is 11.1. The van der Waals surface area contributed by atoms with Gasteiger partial charge in [0.15, 0.2) is 0 Å². The maximum Gasteiger partial charge on any atom is 0.339 e. The molecule has 0 heterocycles. The van der Waals surface area contributed by atoms with Crippen molar-refractivity contribution in [3.05, 3.63) is 29.3 Å². The summed E-state index contributed by atoms with van der Waals surface area (Å²) in [6, 6.07) is 2.97. The molecule has 0 bridgehead atoms. The van der Waals surface area contributed by atoms with Gasteiger partial charge in [0.2, 0.25) is 12.1 Å². The van der Waals surface area contributed by atoms with Crippen LogP contribution in [0.4, 0.5) is 0 Å².